The van der Waals surface area contributed by atoms with Crippen molar-refractivity contribution in [3.8, 4) is 0 Å². The van der Waals surface area contributed by atoms with Crippen molar-refractivity contribution in [3.63, 3.8) is 0 Å². The van der Waals surface area contributed by atoms with Gasteiger partial charge in [-0.05, 0) is 31.2 Å². The second-order valence-electron chi connectivity index (χ2n) is 6.94. The van der Waals surface area contributed by atoms with Crippen LogP contribution in [0.5, 0.6) is 0 Å². The molecule has 0 saturated carbocycles. The van der Waals surface area contributed by atoms with Gasteiger partial charge in [-0.3, -0.25) is 9.78 Å². The molecule has 1 aliphatic heterocycles. The average Bonchev–Trinajstić information content (AvgIpc) is 2.80. The Hall–Kier alpha value is -3.05. The van der Waals surface area contributed by atoms with E-state index >= 15 is 0 Å². The summed E-state index contributed by atoms with van der Waals surface area (Å²) in [6.07, 6.45) is 4.22. The van der Waals surface area contributed by atoms with Crippen LogP contribution in [0.4, 0.5) is 5.82 Å². The smallest absolute Gasteiger partial charge is 0.339 e. The van der Waals surface area contributed by atoms with Gasteiger partial charge in [0.2, 0.25) is 15.9 Å². The fourth-order valence-electron chi connectivity index (χ4n) is 3.15. The topological polar surface area (TPSA) is 113 Å². The Balaban J connectivity index is 1.54. The van der Waals surface area contributed by atoms with Gasteiger partial charge in [0.05, 0.1) is 18.7 Å². The molecule has 0 radical (unpaired) electrons. The number of aromatic nitrogens is 2. The Bertz CT molecular complexity index is 1010. The molecule has 1 amide bonds. The minimum Gasteiger partial charge on any atom is -0.462 e. The van der Waals surface area contributed by atoms with E-state index in [2.05, 4.69) is 9.97 Å². The first kappa shape index (κ1) is 22.6. The van der Waals surface area contributed by atoms with E-state index in [1.165, 1.54) is 37.8 Å². The molecule has 166 valence electrons. The number of rotatable bonds is 7. The van der Waals surface area contributed by atoms with Gasteiger partial charge in [-0.15, -0.1) is 0 Å². The van der Waals surface area contributed by atoms with Crippen LogP contribution < -0.4 is 4.90 Å². The third-order valence-corrected chi connectivity index (χ3v) is 6.70. The summed E-state index contributed by atoms with van der Waals surface area (Å²) in [5, 5.41) is 0. The maximum absolute atomic E-state index is 12.6. The van der Waals surface area contributed by atoms with Gasteiger partial charge in [0.1, 0.15) is 10.7 Å². The van der Waals surface area contributed by atoms with Crippen molar-refractivity contribution < 1.29 is 22.7 Å². The summed E-state index contributed by atoms with van der Waals surface area (Å²) in [5.74, 6) is 0.0268. The lowest BCUT2D eigenvalue weighted by molar-refractivity contribution is -0.131. The molecule has 0 atom stereocenters. The first-order chi connectivity index (χ1) is 14.8. The van der Waals surface area contributed by atoms with Crippen molar-refractivity contribution in [2.24, 2.45) is 0 Å². The molecule has 2 aromatic heterocycles. The van der Waals surface area contributed by atoms with Crippen molar-refractivity contribution in [3.05, 3.63) is 48.4 Å². The zero-order valence-corrected chi connectivity index (χ0v) is 18.3. The average molecular weight is 448 g/mol. The van der Waals surface area contributed by atoms with Gasteiger partial charge in [-0.25, -0.2) is 18.2 Å². The Morgan fingerprint density at radius 2 is 1.87 bits per heavy atom. The van der Waals surface area contributed by atoms with E-state index in [1.807, 2.05) is 4.90 Å². The third kappa shape index (κ3) is 5.36. The highest BCUT2D eigenvalue weighted by molar-refractivity contribution is 7.89. The monoisotopic (exact) mass is 447 g/mol. The van der Waals surface area contributed by atoms with Crippen LogP contribution in [0.25, 0.3) is 0 Å². The number of esters is 1. The largest absolute Gasteiger partial charge is 0.462 e. The van der Waals surface area contributed by atoms with Crippen LogP contribution in [-0.4, -0.2) is 85.8 Å². The Morgan fingerprint density at radius 3 is 2.45 bits per heavy atom. The summed E-state index contributed by atoms with van der Waals surface area (Å²) in [5.41, 5.74) is 0.386. The van der Waals surface area contributed by atoms with Crippen molar-refractivity contribution >= 4 is 27.7 Å². The van der Waals surface area contributed by atoms with Gasteiger partial charge >= 0.3 is 5.97 Å². The maximum atomic E-state index is 12.6. The molecule has 31 heavy (non-hydrogen) atoms. The lowest BCUT2D eigenvalue weighted by atomic mass is 10.2. The van der Waals surface area contributed by atoms with Crippen LogP contribution in [0.2, 0.25) is 0 Å². The minimum absolute atomic E-state index is 0.0486. The molecule has 10 nitrogen and oxygen atoms in total. The first-order valence-electron chi connectivity index (χ1n) is 9.85. The minimum atomic E-state index is -3.78. The molecule has 0 unspecified atom stereocenters. The molecule has 0 bridgehead atoms. The molecular weight excluding hydrogens is 422 g/mol. The van der Waals surface area contributed by atoms with Crippen molar-refractivity contribution in [2.45, 2.75) is 11.8 Å². The standard InChI is InChI=1S/C20H25N5O5S/c1-3-30-20(27)16-6-7-18(22-13-16)24-9-11-25(12-10-24)19(26)15-23(2)31(28,29)17-5-4-8-21-14-17/h4-8,13-14H,3,9-12,15H2,1-2H3. The number of hydrogen-bond donors (Lipinski definition) is 0. The van der Waals surface area contributed by atoms with Crippen LogP contribution in [0.1, 0.15) is 17.3 Å². The third-order valence-electron chi connectivity index (χ3n) is 4.92. The van der Waals surface area contributed by atoms with Crippen LogP contribution in [-0.2, 0) is 19.6 Å². The number of hydrogen-bond acceptors (Lipinski definition) is 8. The van der Waals surface area contributed by atoms with Crippen LogP contribution in [0, 0.1) is 0 Å². The molecule has 0 N–H and O–H groups in total. The second-order valence-corrected chi connectivity index (χ2v) is 8.99. The summed E-state index contributed by atoms with van der Waals surface area (Å²) < 4.78 is 31.1. The van der Waals surface area contributed by atoms with Crippen LogP contribution in [0.15, 0.2) is 47.8 Å². The molecule has 11 heteroatoms. The van der Waals surface area contributed by atoms with Crippen molar-refractivity contribution in [1.29, 1.82) is 0 Å². The van der Waals surface area contributed by atoms with Gasteiger partial charge in [0.15, 0.2) is 0 Å². The van der Waals surface area contributed by atoms with Gasteiger partial charge in [-0.1, -0.05) is 0 Å². The molecule has 2 aromatic rings. The number of anilines is 1. The summed E-state index contributed by atoms with van der Waals surface area (Å²) in [6.45, 7) is 3.79. The van der Waals surface area contributed by atoms with Gasteiger partial charge in [-0.2, -0.15) is 4.31 Å². The van der Waals surface area contributed by atoms with Crippen molar-refractivity contribution in [2.75, 3.05) is 51.3 Å². The molecule has 3 rings (SSSR count). The molecule has 1 fully saturated rings. The molecule has 1 saturated heterocycles. The first-order valence-corrected chi connectivity index (χ1v) is 11.3. The Kier molecular flexibility index (Phi) is 7.18. The molecule has 3 heterocycles. The normalized spacial score (nSPS) is 14.5. The molecular formula is C20H25N5O5S. The zero-order chi connectivity index (χ0) is 22.4. The number of amides is 1. The number of piperazine rings is 1. The highest BCUT2D eigenvalue weighted by Gasteiger charge is 2.27. The van der Waals surface area contributed by atoms with E-state index in [9.17, 15) is 18.0 Å². The van der Waals surface area contributed by atoms with Crippen LogP contribution in [0.3, 0.4) is 0 Å². The van der Waals surface area contributed by atoms with E-state index in [4.69, 9.17) is 4.74 Å². The lowest BCUT2D eigenvalue weighted by Crippen LogP contribution is -2.51. The number of nitrogens with zero attached hydrogens (tertiary/aromatic N) is 5. The number of carbonyl (C=O) groups is 2. The zero-order valence-electron chi connectivity index (χ0n) is 17.5. The fraction of sp³-hybridized carbons (Fsp3) is 0.400. The maximum Gasteiger partial charge on any atom is 0.339 e. The summed E-state index contributed by atoms with van der Waals surface area (Å²) >= 11 is 0. The quantitative estimate of drug-likeness (QED) is 0.568. The Morgan fingerprint density at radius 1 is 1.13 bits per heavy atom. The number of pyridine rings is 2. The van der Waals surface area contributed by atoms with E-state index in [0.717, 1.165) is 4.31 Å². The van der Waals surface area contributed by atoms with E-state index < -0.39 is 16.0 Å². The highest BCUT2D eigenvalue weighted by atomic mass is 32.2. The van der Waals surface area contributed by atoms with Gasteiger partial charge in [0.25, 0.3) is 0 Å². The predicted octanol–water partition coefficient (Wildman–Crippen LogP) is 0.623. The molecule has 0 aromatic carbocycles. The van der Waals surface area contributed by atoms with E-state index in [1.54, 1.807) is 24.0 Å². The highest BCUT2D eigenvalue weighted by Crippen LogP contribution is 2.16. The lowest BCUT2D eigenvalue weighted by Gasteiger charge is -2.36. The SMILES string of the molecule is CCOC(=O)c1ccc(N2CCN(C(=O)CN(C)S(=O)(=O)c3cccnc3)CC2)nc1. The number of sulfonamides is 1. The summed E-state index contributed by atoms with van der Waals surface area (Å²) in [4.78, 5) is 36.2. The van der Waals surface area contributed by atoms with Crippen LogP contribution >= 0.6 is 0 Å². The molecule has 0 aliphatic carbocycles. The van der Waals surface area contributed by atoms with Gasteiger partial charge < -0.3 is 14.5 Å². The van der Waals surface area contributed by atoms with Crippen molar-refractivity contribution in [1.82, 2.24) is 19.2 Å². The van der Waals surface area contributed by atoms with E-state index in [0.29, 0.717) is 44.2 Å². The number of ether oxygens (including phenoxy) is 1. The molecule has 0 spiro atoms. The summed E-state index contributed by atoms with van der Waals surface area (Å²) in [7, 11) is -2.40. The van der Waals surface area contributed by atoms with Gasteiger partial charge in [0, 0.05) is 51.8 Å². The molecule has 1 aliphatic rings. The predicted molar refractivity (Wildman–Crippen MR) is 113 cm³/mol. The number of likely N-dealkylation sites (N-methyl/N-ethyl adjacent to an activating group) is 1. The van der Waals surface area contributed by atoms with E-state index in [-0.39, 0.29) is 17.3 Å². The Labute approximate surface area is 181 Å². The summed E-state index contributed by atoms with van der Waals surface area (Å²) in [6, 6.07) is 6.39. The second kappa shape index (κ2) is 9.84. The number of carbonyl (C=O) groups excluding carboxylic acids is 2. The fourth-order valence-corrected chi connectivity index (χ4v) is 4.23.